The van der Waals surface area contributed by atoms with Crippen molar-refractivity contribution in [1.82, 2.24) is 5.32 Å². The maximum atomic E-state index is 13.0. The third kappa shape index (κ3) is 5.05. The van der Waals surface area contributed by atoms with E-state index in [4.69, 9.17) is 0 Å². The molecule has 3 aromatic carbocycles. The SMILES string of the molecule is O=C1CCc2c(CC3CNCS3)cccc2N1CC1CCN(c2ccc(-c3ccccc3)cc2)CC1. The summed E-state index contributed by atoms with van der Waals surface area (Å²) in [5.74, 6) is 1.91. The molecule has 1 amide bonds. The van der Waals surface area contributed by atoms with E-state index >= 15 is 0 Å². The molecule has 0 bridgehead atoms. The summed E-state index contributed by atoms with van der Waals surface area (Å²) >= 11 is 2.02. The molecule has 3 heterocycles. The van der Waals surface area contributed by atoms with E-state index in [1.54, 1.807) is 0 Å². The molecule has 3 aromatic rings. The third-order valence-corrected chi connectivity index (χ3v) is 9.24. The minimum Gasteiger partial charge on any atom is -0.372 e. The summed E-state index contributed by atoms with van der Waals surface area (Å²) in [5, 5.41) is 4.11. The first-order valence-corrected chi connectivity index (χ1v) is 14.4. The van der Waals surface area contributed by atoms with Crippen LogP contribution in [0.4, 0.5) is 11.4 Å². The number of anilines is 2. The molecule has 2 saturated heterocycles. The van der Waals surface area contributed by atoms with Crippen molar-refractivity contribution in [3.8, 4) is 11.1 Å². The summed E-state index contributed by atoms with van der Waals surface area (Å²) in [6.45, 7) is 4.05. The highest BCUT2D eigenvalue weighted by atomic mass is 32.2. The van der Waals surface area contributed by atoms with Crippen LogP contribution in [0.3, 0.4) is 0 Å². The van der Waals surface area contributed by atoms with E-state index in [2.05, 4.69) is 87.9 Å². The summed E-state index contributed by atoms with van der Waals surface area (Å²) in [7, 11) is 0. The molecule has 4 nitrogen and oxygen atoms in total. The molecule has 0 saturated carbocycles. The quantitative estimate of drug-likeness (QED) is 0.470. The lowest BCUT2D eigenvalue weighted by atomic mass is 9.90. The standard InChI is InChI=1S/C31H35N3OS/c35-31-14-13-29-26(19-28-20-32-22-36-28)7-4-8-30(29)34(31)21-23-15-17-33(18-16-23)27-11-9-25(10-12-27)24-5-2-1-3-6-24/h1-12,23,28,32H,13-22H2. The molecule has 0 aliphatic carbocycles. The maximum Gasteiger partial charge on any atom is 0.227 e. The van der Waals surface area contributed by atoms with Gasteiger partial charge in [0.2, 0.25) is 5.91 Å². The van der Waals surface area contributed by atoms with E-state index in [0.29, 0.717) is 23.5 Å². The zero-order valence-corrected chi connectivity index (χ0v) is 21.7. The number of carbonyl (C=O) groups excluding carboxylic acids is 1. The Morgan fingerprint density at radius 2 is 1.64 bits per heavy atom. The number of thioether (sulfide) groups is 1. The van der Waals surface area contributed by atoms with Crippen molar-refractivity contribution < 1.29 is 4.79 Å². The Labute approximate surface area is 219 Å². The van der Waals surface area contributed by atoms with Crippen molar-refractivity contribution in [3.05, 3.63) is 83.9 Å². The highest BCUT2D eigenvalue weighted by Gasteiger charge is 2.30. The Balaban J connectivity index is 1.09. The van der Waals surface area contributed by atoms with Crippen molar-refractivity contribution in [1.29, 1.82) is 0 Å². The second-order valence-corrected chi connectivity index (χ2v) is 11.6. The molecule has 1 atom stereocenters. The van der Waals surface area contributed by atoms with Gasteiger partial charge in [0.05, 0.1) is 0 Å². The molecule has 36 heavy (non-hydrogen) atoms. The summed E-state index contributed by atoms with van der Waals surface area (Å²) in [5.41, 5.74) is 7.87. The predicted molar refractivity (Wildman–Crippen MR) is 152 cm³/mol. The van der Waals surface area contributed by atoms with Gasteiger partial charge < -0.3 is 15.1 Å². The molecule has 0 radical (unpaired) electrons. The van der Waals surface area contributed by atoms with E-state index in [0.717, 1.165) is 57.7 Å². The lowest BCUT2D eigenvalue weighted by Gasteiger charge is -2.38. The molecule has 186 valence electrons. The smallest absolute Gasteiger partial charge is 0.227 e. The number of hydrogen-bond donors (Lipinski definition) is 1. The second-order valence-electron chi connectivity index (χ2n) is 10.4. The van der Waals surface area contributed by atoms with E-state index in [1.807, 2.05) is 11.8 Å². The minimum atomic E-state index is 0.301. The van der Waals surface area contributed by atoms with Crippen molar-refractivity contribution >= 4 is 29.0 Å². The van der Waals surface area contributed by atoms with Crippen LogP contribution < -0.4 is 15.1 Å². The van der Waals surface area contributed by atoms with Crippen LogP contribution in [0.2, 0.25) is 0 Å². The van der Waals surface area contributed by atoms with Gasteiger partial charge >= 0.3 is 0 Å². The van der Waals surface area contributed by atoms with Crippen LogP contribution in [0, 0.1) is 5.92 Å². The Hall–Kier alpha value is -2.76. The number of rotatable bonds is 6. The summed E-state index contributed by atoms with van der Waals surface area (Å²) in [4.78, 5) is 17.6. The molecule has 6 rings (SSSR count). The minimum absolute atomic E-state index is 0.301. The number of amides is 1. The molecule has 3 aliphatic heterocycles. The lowest BCUT2D eigenvalue weighted by Crippen LogP contribution is -2.43. The Bertz CT molecular complexity index is 1180. The normalized spacial score (nSPS) is 20.6. The van der Waals surface area contributed by atoms with E-state index in [-0.39, 0.29) is 0 Å². The van der Waals surface area contributed by atoms with Crippen LogP contribution >= 0.6 is 11.8 Å². The molecule has 1 unspecified atom stereocenters. The van der Waals surface area contributed by atoms with Crippen LogP contribution in [0.5, 0.6) is 0 Å². The Kier molecular flexibility index (Phi) is 7.02. The highest BCUT2D eigenvalue weighted by molar-refractivity contribution is 8.00. The van der Waals surface area contributed by atoms with Gasteiger partial charge in [0.1, 0.15) is 0 Å². The Morgan fingerprint density at radius 3 is 2.39 bits per heavy atom. The monoisotopic (exact) mass is 497 g/mol. The van der Waals surface area contributed by atoms with Crippen molar-refractivity contribution in [2.75, 3.05) is 41.9 Å². The van der Waals surface area contributed by atoms with E-state index < -0.39 is 0 Å². The summed E-state index contributed by atoms with van der Waals surface area (Å²) < 4.78 is 0. The average Bonchev–Trinajstić information content (AvgIpc) is 3.45. The zero-order valence-electron chi connectivity index (χ0n) is 20.9. The van der Waals surface area contributed by atoms with Gasteiger partial charge in [-0.25, -0.2) is 0 Å². The van der Waals surface area contributed by atoms with Gasteiger partial charge in [-0.2, -0.15) is 0 Å². The molecular weight excluding hydrogens is 462 g/mol. The number of fused-ring (bicyclic) bond motifs is 1. The lowest BCUT2D eigenvalue weighted by molar-refractivity contribution is -0.119. The molecule has 1 N–H and O–H groups in total. The average molecular weight is 498 g/mol. The number of piperidine rings is 1. The topological polar surface area (TPSA) is 35.6 Å². The molecule has 5 heteroatoms. The van der Waals surface area contributed by atoms with Crippen molar-refractivity contribution in [2.45, 2.75) is 37.4 Å². The van der Waals surface area contributed by atoms with Gasteiger partial charge in [-0.15, -0.1) is 11.8 Å². The van der Waals surface area contributed by atoms with Crippen LogP contribution in [-0.2, 0) is 17.6 Å². The van der Waals surface area contributed by atoms with Gasteiger partial charge in [0, 0.05) is 55.1 Å². The van der Waals surface area contributed by atoms with Crippen LogP contribution in [0.1, 0.15) is 30.4 Å². The highest BCUT2D eigenvalue weighted by Crippen LogP contribution is 2.35. The molecule has 0 aromatic heterocycles. The number of nitrogens with one attached hydrogen (secondary N) is 1. The zero-order chi connectivity index (χ0) is 24.3. The van der Waals surface area contributed by atoms with E-state index in [9.17, 15) is 4.79 Å². The van der Waals surface area contributed by atoms with Crippen LogP contribution in [0.25, 0.3) is 11.1 Å². The van der Waals surface area contributed by atoms with Gasteiger partial charge in [-0.05, 0) is 72.1 Å². The number of benzene rings is 3. The molecular formula is C31H35N3OS. The fourth-order valence-electron chi connectivity index (χ4n) is 6.01. The van der Waals surface area contributed by atoms with E-state index in [1.165, 1.54) is 33.6 Å². The first-order chi connectivity index (χ1) is 17.7. The molecule has 3 aliphatic rings. The van der Waals surface area contributed by atoms with Gasteiger partial charge in [0.25, 0.3) is 0 Å². The number of carbonyl (C=O) groups is 1. The number of nitrogens with zero attached hydrogens (tertiary/aromatic N) is 2. The summed E-state index contributed by atoms with van der Waals surface area (Å²) in [6.07, 6.45) is 4.90. The largest absolute Gasteiger partial charge is 0.372 e. The first-order valence-electron chi connectivity index (χ1n) is 13.4. The summed E-state index contributed by atoms with van der Waals surface area (Å²) in [6, 6.07) is 26.2. The van der Waals surface area contributed by atoms with Gasteiger partial charge in [0.15, 0.2) is 0 Å². The van der Waals surface area contributed by atoms with Crippen LogP contribution in [0.15, 0.2) is 72.8 Å². The predicted octanol–water partition coefficient (Wildman–Crippen LogP) is 5.75. The fourth-order valence-corrected chi connectivity index (χ4v) is 7.02. The van der Waals surface area contributed by atoms with Crippen LogP contribution in [-0.4, -0.2) is 43.2 Å². The van der Waals surface area contributed by atoms with Gasteiger partial charge in [-0.1, -0.05) is 54.6 Å². The maximum absolute atomic E-state index is 13.0. The fraction of sp³-hybridized carbons (Fsp3) is 0.387. The first kappa shape index (κ1) is 23.6. The third-order valence-electron chi connectivity index (χ3n) is 8.06. The molecule has 2 fully saturated rings. The second kappa shape index (κ2) is 10.7. The van der Waals surface area contributed by atoms with Crippen molar-refractivity contribution in [3.63, 3.8) is 0 Å². The Morgan fingerprint density at radius 1 is 0.861 bits per heavy atom. The van der Waals surface area contributed by atoms with Gasteiger partial charge in [-0.3, -0.25) is 4.79 Å². The molecule has 0 spiro atoms. The number of hydrogen-bond acceptors (Lipinski definition) is 4. The van der Waals surface area contributed by atoms with Crippen molar-refractivity contribution in [2.24, 2.45) is 5.92 Å².